The van der Waals surface area contributed by atoms with Gasteiger partial charge in [0.1, 0.15) is 0 Å². The smallest absolute Gasteiger partial charge is 0.161 e. The van der Waals surface area contributed by atoms with E-state index in [1.165, 1.54) is 11.9 Å². The van der Waals surface area contributed by atoms with Crippen molar-refractivity contribution in [2.24, 2.45) is 0 Å². The molecule has 1 rings (SSSR count). The van der Waals surface area contributed by atoms with Crippen LogP contribution in [0.5, 0.6) is 0 Å². The number of halogens is 1. The molecule has 0 aliphatic heterocycles. The normalized spacial score (nSPS) is 10.8. The van der Waals surface area contributed by atoms with E-state index >= 15 is 0 Å². The van der Waals surface area contributed by atoms with Gasteiger partial charge >= 0.3 is 0 Å². The van der Waals surface area contributed by atoms with Gasteiger partial charge in [-0.15, -0.1) is 0 Å². The maximum absolute atomic E-state index is 13.5. The van der Waals surface area contributed by atoms with E-state index in [1.54, 1.807) is 6.07 Å². The van der Waals surface area contributed by atoms with Crippen LogP contribution in [0.2, 0.25) is 0 Å². The Morgan fingerprint density at radius 3 is 2.54 bits per heavy atom. The van der Waals surface area contributed by atoms with Gasteiger partial charge in [0.15, 0.2) is 5.82 Å². The summed E-state index contributed by atoms with van der Waals surface area (Å²) in [5.41, 5.74) is 6.57. The van der Waals surface area contributed by atoms with E-state index in [-0.39, 0.29) is 11.5 Å². The number of benzene rings is 1. The van der Waals surface area contributed by atoms with E-state index < -0.39 is 0 Å². The van der Waals surface area contributed by atoms with Crippen LogP contribution >= 0.6 is 11.9 Å². The van der Waals surface area contributed by atoms with Crippen molar-refractivity contribution in [2.75, 3.05) is 19.8 Å². The van der Waals surface area contributed by atoms with E-state index in [2.05, 4.69) is 0 Å². The number of nitrogen functional groups attached to an aromatic ring is 1. The summed E-state index contributed by atoms with van der Waals surface area (Å²) in [5, 5.41) is 0. The van der Waals surface area contributed by atoms with Crippen LogP contribution < -0.4 is 5.73 Å². The second-order valence-corrected chi connectivity index (χ2v) is 4.34. The Kier molecular flexibility index (Phi) is 3.17. The van der Waals surface area contributed by atoms with Crippen LogP contribution in [0, 0.1) is 12.7 Å². The van der Waals surface area contributed by atoms with Crippen molar-refractivity contribution in [2.45, 2.75) is 11.8 Å². The summed E-state index contributed by atoms with van der Waals surface area (Å²) in [6.45, 7) is 1.87. The molecule has 0 aliphatic carbocycles. The highest BCUT2D eigenvalue weighted by Gasteiger charge is 2.10. The fourth-order valence-corrected chi connectivity index (χ4v) is 1.74. The zero-order chi connectivity index (χ0) is 10.0. The minimum Gasteiger partial charge on any atom is -0.396 e. The standard InChI is InChI=1S/C9H13FN2S/c1-6-4-5-7(11)8(10)9(6)13-12(2)3/h4-5H,11H2,1-3H3. The maximum atomic E-state index is 13.5. The number of nitrogens with zero attached hydrogens (tertiary/aromatic N) is 1. The van der Waals surface area contributed by atoms with Crippen molar-refractivity contribution in [3.05, 3.63) is 23.5 Å². The molecule has 4 heteroatoms. The molecule has 0 aromatic heterocycles. The molecule has 0 spiro atoms. The molecule has 0 amide bonds. The van der Waals surface area contributed by atoms with Gasteiger partial charge < -0.3 is 5.73 Å². The molecule has 1 aromatic rings. The zero-order valence-corrected chi connectivity index (χ0v) is 8.78. The summed E-state index contributed by atoms with van der Waals surface area (Å²) in [6.07, 6.45) is 0. The Morgan fingerprint density at radius 2 is 2.00 bits per heavy atom. The van der Waals surface area contributed by atoms with Crippen molar-refractivity contribution in [3.8, 4) is 0 Å². The molecule has 1 aromatic carbocycles. The lowest BCUT2D eigenvalue weighted by Crippen LogP contribution is -2.03. The van der Waals surface area contributed by atoms with Crippen molar-refractivity contribution in [1.29, 1.82) is 0 Å². The van der Waals surface area contributed by atoms with Crippen LogP contribution in [0.4, 0.5) is 10.1 Å². The molecule has 2 nitrogen and oxygen atoms in total. The molecule has 0 fully saturated rings. The van der Waals surface area contributed by atoms with Crippen molar-refractivity contribution < 1.29 is 4.39 Å². The third-order valence-corrected chi connectivity index (χ3v) is 2.65. The molecule has 72 valence electrons. The largest absolute Gasteiger partial charge is 0.396 e. The Balaban J connectivity index is 3.10. The average Bonchev–Trinajstić information content (AvgIpc) is 2.05. The molecular formula is C9H13FN2S. The lowest BCUT2D eigenvalue weighted by molar-refractivity contribution is 0.599. The fraction of sp³-hybridized carbons (Fsp3) is 0.333. The highest BCUT2D eigenvalue weighted by molar-refractivity contribution is 7.97. The summed E-state index contributed by atoms with van der Waals surface area (Å²) < 4.78 is 15.3. The predicted octanol–water partition coefficient (Wildman–Crippen LogP) is 2.29. The summed E-state index contributed by atoms with van der Waals surface area (Å²) >= 11 is 1.34. The molecule has 0 saturated carbocycles. The molecule has 0 unspecified atom stereocenters. The maximum Gasteiger partial charge on any atom is 0.161 e. The Labute approximate surface area is 82.0 Å². The Bertz CT molecular complexity index is 313. The molecular weight excluding hydrogens is 187 g/mol. The molecule has 0 heterocycles. The molecule has 0 radical (unpaired) electrons. The van der Waals surface area contributed by atoms with E-state index in [1.807, 2.05) is 31.4 Å². The highest BCUT2D eigenvalue weighted by atomic mass is 32.2. The van der Waals surface area contributed by atoms with Crippen LogP contribution in [-0.4, -0.2) is 18.4 Å². The van der Waals surface area contributed by atoms with E-state index in [9.17, 15) is 4.39 Å². The van der Waals surface area contributed by atoms with Gasteiger partial charge in [-0.3, -0.25) is 4.31 Å². The number of aryl methyl sites for hydroxylation is 1. The molecule has 13 heavy (non-hydrogen) atoms. The van der Waals surface area contributed by atoms with Gasteiger partial charge in [-0.25, -0.2) is 4.39 Å². The number of hydrogen-bond donors (Lipinski definition) is 1. The van der Waals surface area contributed by atoms with Gasteiger partial charge in [-0.2, -0.15) is 0 Å². The topological polar surface area (TPSA) is 29.3 Å². The quantitative estimate of drug-likeness (QED) is 0.586. The average molecular weight is 200 g/mol. The van der Waals surface area contributed by atoms with Crippen LogP contribution in [0.3, 0.4) is 0 Å². The van der Waals surface area contributed by atoms with E-state index in [0.29, 0.717) is 4.90 Å². The van der Waals surface area contributed by atoms with Gasteiger partial charge in [-0.1, -0.05) is 6.07 Å². The Hall–Kier alpha value is -0.740. The summed E-state index contributed by atoms with van der Waals surface area (Å²) in [7, 11) is 3.74. The number of anilines is 1. The van der Waals surface area contributed by atoms with Gasteiger partial charge in [0.25, 0.3) is 0 Å². The molecule has 0 saturated heterocycles. The second kappa shape index (κ2) is 3.98. The Morgan fingerprint density at radius 1 is 1.38 bits per heavy atom. The van der Waals surface area contributed by atoms with E-state index in [4.69, 9.17) is 5.73 Å². The summed E-state index contributed by atoms with van der Waals surface area (Å²) in [6, 6.07) is 3.41. The first-order valence-corrected chi connectivity index (χ1v) is 4.69. The van der Waals surface area contributed by atoms with Crippen LogP contribution in [-0.2, 0) is 0 Å². The third kappa shape index (κ3) is 2.35. The van der Waals surface area contributed by atoms with Crippen LogP contribution in [0.15, 0.2) is 17.0 Å². The predicted molar refractivity (Wildman–Crippen MR) is 55.1 cm³/mol. The highest BCUT2D eigenvalue weighted by Crippen LogP contribution is 2.29. The van der Waals surface area contributed by atoms with Gasteiger partial charge in [0, 0.05) is 0 Å². The van der Waals surface area contributed by atoms with Gasteiger partial charge in [0.05, 0.1) is 10.6 Å². The monoisotopic (exact) mass is 200 g/mol. The van der Waals surface area contributed by atoms with Crippen molar-refractivity contribution in [3.63, 3.8) is 0 Å². The lowest BCUT2D eigenvalue weighted by atomic mass is 10.2. The molecule has 2 N–H and O–H groups in total. The number of nitrogens with two attached hydrogens (primary N) is 1. The first kappa shape index (κ1) is 10.3. The van der Waals surface area contributed by atoms with Crippen LogP contribution in [0.25, 0.3) is 0 Å². The first-order chi connectivity index (χ1) is 6.02. The number of hydrogen-bond acceptors (Lipinski definition) is 3. The van der Waals surface area contributed by atoms with Crippen LogP contribution in [0.1, 0.15) is 5.56 Å². The van der Waals surface area contributed by atoms with Crippen molar-refractivity contribution >= 4 is 17.6 Å². The third-order valence-electron chi connectivity index (χ3n) is 1.60. The summed E-state index contributed by atoms with van der Waals surface area (Å²) in [4.78, 5) is 0.602. The second-order valence-electron chi connectivity index (χ2n) is 3.02. The van der Waals surface area contributed by atoms with Gasteiger partial charge in [0.2, 0.25) is 0 Å². The minimum atomic E-state index is -0.321. The van der Waals surface area contributed by atoms with E-state index in [0.717, 1.165) is 5.56 Å². The van der Waals surface area contributed by atoms with Gasteiger partial charge in [-0.05, 0) is 44.6 Å². The summed E-state index contributed by atoms with van der Waals surface area (Å²) in [5.74, 6) is -0.321. The SMILES string of the molecule is Cc1ccc(N)c(F)c1SN(C)C. The molecule has 0 bridgehead atoms. The van der Waals surface area contributed by atoms with Crippen molar-refractivity contribution in [1.82, 2.24) is 4.31 Å². The minimum absolute atomic E-state index is 0.204. The molecule has 0 atom stereocenters. The lowest BCUT2D eigenvalue weighted by Gasteiger charge is -2.12. The first-order valence-electron chi connectivity index (χ1n) is 3.92. The number of rotatable bonds is 2. The molecule has 0 aliphatic rings. The zero-order valence-electron chi connectivity index (χ0n) is 7.97. The fourth-order valence-electron chi connectivity index (χ4n) is 0.962.